The third kappa shape index (κ3) is 1.82. The van der Waals surface area contributed by atoms with Crippen LogP contribution in [0.15, 0.2) is 28.7 Å². The maximum absolute atomic E-state index is 5.60. The first-order valence-corrected chi connectivity index (χ1v) is 4.26. The molecule has 0 aliphatic heterocycles. The molecule has 13 heavy (non-hydrogen) atoms. The molecular formula is C8H4Cl2N2O. The highest BCUT2D eigenvalue weighted by atomic mass is 35.5. The van der Waals surface area contributed by atoms with Gasteiger partial charge in [0.1, 0.15) is 5.69 Å². The summed E-state index contributed by atoms with van der Waals surface area (Å²) < 4.78 is 5.13. The second kappa shape index (κ2) is 3.36. The van der Waals surface area contributed by atoms with Crippen LogP contribution in [-0.2, 0) is 0 Å². The van der Waals surface area contributed by atoms with Crippen molar-refractivity contribution in [2.75, 3.05) is 0 Å². The van der Waals surface area contributed by atoms with Crippen LogP contribution in [-0.4, -0.2) is 10.2 Å². The lowest BCUT2D eigenvalue weighted by Gasteiger charge is -1.93. The Morgan fingerprint density at radius 2 is 1.85 bits per heavy atom. The Balaban J connectivity index is 2.41. The van der Waals surface area contributed by atoms with Crippen molar-refractivity contribution in [3.8, 4) is 11.5 Å². The average Bonchev–Trinajstić information content (AvgIpc) is 2.53. The third-order valence-corrected chi connectivity index (χ3v) is 1.86. The molecule has 0 fully saturated rings. The summed E-state index contributed by atoms with van der Waals surface area (Å²) in [5.41, 5.74) is 0.608. The monoisotopic (exact) mass is 214 g/mol. The van der Waals surface area contributed by atoms with Crippen LogP contribution >= 0.6 is 23.2 Å². The highest BCUT2D eigenvalue weighted by molar-refractivity contribution is 6.29. The van der Waals surface area contributed by atoms with Gasteiger partial charge >= 0.3 is 0 Å². The van der Waals surface area contributed by atoms with E-state index >= 15 is 0 Å². The summed E-state index contributed by atoms with van der Waals surface area (Å²) in [5.74, 6) is 0.578. The van der Waals surface area contributed by atoms with E-state index in [2.05, 4.69) is 10.2 Å². The van der Waals surface area contributed by atoms with Gasteiger partial charge in [0.2, 0.25) is 0 Å². The molecule has 3 nitrogen and oxygen atoms in total. The number of nitrogens with zero attached hydrogens (tertiary/aromatic N) is 2. The van der Waals surface area contributed by atoms with Gasteiger partial charge in [-0.15, -0.1) is 10.2 Å². The van der Waals surface area contributed by atoms with E-state index in [1.165, 1.54) is 0 Å². The van der Waals surface area contributed by atoms with Gasteiger partial charge in [-0.25, -0.2) is 0 Å². The smallest absolute Gasteiger partial charge is 0.194 e. The Morgan fingerprint density at radius 3 is 2.38 bits per heavy atom. The molecule has 2 rings (SSSR count). The van der Waals surface area contributed by atoms with E-state index in [4.69, 9.17) is 27.6 Å². The fourth-order valence-corrected chi connectivity index (χ4v) is 1.15. The van der Waals surface area contributed by atoms with Gasteiger partial charge in [-0.1, -0.05) is 11.6 Å². The highest BCUT2D eigenvalue weighted by Crippen LogP contribution is 2.22. The van der Waals surface area contributed by atoms with Crippen LogP contribution in [0.25, 0.3) is 11.5 Å². The molecule has 0 aliphatic carbocycles. The minimum atomic E-state index is 0.326. The summed E-state index contributed by atoms with van der Waals surface area (Å²) in [4.78, 5) is 0. The number of furan rings is 1. The number of aromatic nitrogens is 2. The van der Waals surface area contributed by atoms with Gasteiger partial charge in [-0.2, -0.15) is 0 Å². The topological polar surface area (TPSA) is 38.9 Å². The number of rotatable bonds is 1. The number of hydrogen-bond donors (Lipinski definition) is 0. The highest BCUT2D eigenvalue weighted by Gasteiger charge is 2.04. The Bertz CT molecular complexity index is 410. The average molecular weight is 215 g/mol. The Hall–Kier alpha value is -1.06. The van der Waals surface area contributed by atoms with E-state index in [-0.39, 0.29) is 0 Å². The normalized spacial score (nSPS) is 10.3. The van der Waals surface area contributed by atoms with Gasteiger partial charge in [-0.3, -0.25) is 0 Å². The predicted molar refractivity (Wildman–Crippen MR) is 49.8 cm³/mol. The minimum Gasteiger partial charge on any atom is -0.443 e. The van der Waals surface area contributed by atoms with Crippen LogP contribution in [0.5, 0.6) is 0 Å². The molecule has 0 unspecified atom stereocenters. The van der Waals surface area contributed by atoms with E-state index < -0.39 is 0 Å². The van der Waals surface area contributed by atoms with Crippen LogP contribution in [0.1, 0.15) is 0 Å². The molecule has 0 radical (unpaired) electrons. The van der Waals surface area contributed by atoms with Gasteiger partial charge in [0.15, 0.2) is 16.1 Å². The van der Waals surface area contributed by atoms with Crippen molar-refractivity contribution in [3.05, 3.63) is 34.6 Å². The Kier molecular flexibility index (Phi) is 2.20. The minimum absolute atomic E-state index is 0.326. The fourth-order valence-electron chi connectivity index (χ4n) is 0.899. The first-order valence-electron chi connectivity index (χ1n) is 3.50. The zero-order chi connectivity index (χ0) is 9.26. The van der Waals surface area contributed by atoms with Crippen molar-refractivity contribution in [2.45, 2.75) is 0 Å². The lowest BCUT2D eigenvalue weighted by Crippen LogP contribution is -1.84. The molecular weight excluding hydrogens is 211 g/mol. The molecule has 66 valence electrons. The van der Waals surface area contributed by atoms with E-state index in [1.807, 2.05) is 0 Å². The molecule has 0 bridgehead atoms. The first-order chi connectivity index (χ1) is 6.25. The second-order valence-electron chi connectivity index (χ2n) is 2.35. The summed E-state index contributed by atoms with van der Waals surface area (Å²) in [5, 5.41) is 8.18. The SMILES string of the molecule is Clc1ccc(-c2ccc(Cl)o2)nn1. The van der Waals surface area contributed by atoms with Crippen molar-refractivity contribution >= 4 is 23.2 Å². The van der Waals surface area contributed by atoms with Crippen LogP contribution in [0.4, 0.5) is 0 Å². The summed E-state index contributed by atoms with van der Waals surface area (Å²) in [7, 11) is 0. The van der Waals surface area contributed by atoms with Crippen LogP contribution < -0.4 is 0 Å². The van der Waals surface area contributed by atoms with Crippen LogP contribution in [0.3, 0.4) is 0 Å². The summed E-state index contributed by atoms with van der Waals surface area (Å²) >= 11 is 11.2. The van der Waals surface area contributed by atoms with Crippen molar-refractivity contribution in [1.82, 2.24) is 10.2 Å². The van der Waals surface area contributed by atoms with E-state index in [1.54, 1.807) is 24.3 Å². The molecule has 2 aromatic rings. The maximum atomic E-state index is 5.60. The third-order valence-electron chi connectivity index (χ3n) is 1.46. The van der Waals surface area contributed by atoms with E-state index in [0.29, 0.717) is 21.8 Å². The number of hydrogen-bond acceptors (Lipinski definition) is 3. The van der Waals surface area contributed by atoms with Crippen molar-refractivity contribution in [1.29, 1.82) is 0 Å². The van der Waals surface area contributed by atoms with Crippen molar-refractivity contribution < 1.29 is 4.42 Å². The van der Waals surface area contributed by atoms with E-state index in [9.17, 15) is 0 Å². The molecule has 0 saturated carbocycles. The van der Waals surface area contributed by atoms with Gasteiger partial charge in [0.05, 0.1) is 0 Å². The molecule has 0 N–H and O–H groups in total. The quantitative estimate of drug-likeness (QED) is 0.733. The molecule has 0 amide bonds. The molecule has 0 spiro atoms. The second-order valence-corrected chi connectivity index (χ2v) is 3.10. The standard InChI is InChI=1S/C8H4Cl2N2O/c9-7-3-1-5(11-12-7)6-2-4-8(10)13-6/h1-4H. The van der Waals surface area contributed by atoms with Crippen molar-refractivity contribution in [3.63, 3.8) is 0 Å². The van der Waals surface area contributed by atoms with Gasteiger partial charge in [0.25, 0.3) is 0 Å². The van der Waals surface area contributed by atoms with Crippen LogP contribution in [0.2, 0.25) is 10.4 Å². The zero-order valence-electron chi connectivity index (χ0n) is 6.37. The zero-order valence-corrected chi connectivity index (χ0v) is 7.88. The summed E-state index contributed by atoms with van der Waals surface area (Å²) in [6, 6.07) is 6.72. The largest absolute Gasteiger partial charge is 0.443 e. The molecule has 0 saturated heterocycles. The molecule has 2 heterocycles. The van der Waals surface area contributed by atoms with Gasteiger partial charge in [-0.05, 0) is 35.9 Å². The fraction of sp³-hybridized carbons (Fsp3) is 0. The molecule has 0 atom stereocenters. The Labute approximate surface area is 84.3 Å². The van der Waals surface area contributed by atoms with Crippen molar-refractivity contribution in [2.24, 2.45) is 0 Å². The van der Waals surface area contributed by atoms with Crippen LogP contribution in [0, 0.1) is 0 Å². The van der Waals surface area contributed by atoms with E-state index in [0.717, 1.165) is 0 Å². The summed E-state index contributed by atoms with van der Waals surface area (Å²) in [6.45, 7) is 0. The van der Waals surface area contributed by atoms with Gasteiger partial charge < -0.3 is 4.42 Å². The molecule has 5 heteroatoms. The predicted octanol–water partition coefficient (Wildman–Crippen LogP) is 3.04. The lowest BCUT2D eigenvalue weighted by molar-refractivity contribution is 0.581. The first kappa shape index (κ1) is 8.53. The van der Waals surface area contributed by atoms with Gasteiger partial charge in [0, 0.05) is 0 Å². The molecule has 2 aromatic heterocycles. The number of halogens is 2. The maximum Gasteiger partial charge on any atom is 0.194 e. The molecule has 0 aromatic carbocycles. The molecule has 0 aliphatic rings. The Morgan fingerprint density at radius 1 is 1.00 bits per heavy atom. The lowest BCUT2D eigenvalue weighted by atomic mass is 10.3. The summed E-state index contributed by atoms with van der Waals surface area (Å²) in [6.07, 6.45) is 0.